The molecule has 1 aliphatic rings. The highest BCUT2D eigenvalue weighted by Crippen LogP contribution is 2.36. The van der Waals surface area contributed by atoms with E-state index in [1.807, 2.05) is 11.7 Å². The number of nitrogens with zero attached hydrogens (tertiary/aromatic N) is 1. The van der Waals surface area contributed by atoms with E-state index < -0.39 is 0 Å². The fraction of sp³-hybridized carbons (Fsp3) is 0.357. The van der Waals surface area contributed by atoms with E-state index in [-0.39, 0.29) is 0 Å². The zero-order valence-electron chi connectivity index (χ0n) is 9.67. The van der Waals surface area contributed by atoms with Crippen LogP contribution in [-0.4, -0.2) is 11.0 Å². The van der Waals surface area contributed by atoms with Gasteiger partial charge in [-0.25, -0.2) is 0 Å². The predicted molar refractivity (Wildman–Crippen MR) is 71.2 cm³/mol. The number of thiazole rings is 1. The Balaban J connectivity index is 1.46. The molecule has 0 amide bonds. The molecule has 1 aromatic carbocycles. The third-order valence-electron chi connectivity index (χ3n) is 3.46. The Kier molecular flexibility index (Phi) is 3.20. The normalized spacial score (nSPS) is 23.3. The Morgan fingerprint density at radius 1 is 1.24 bits per heavy atom. The highest BCUT2D eigenvalue weighted by Gasteiger charge is 2.29. The van der Waals surface area contributed by atoms with Crippen molar-refractivity contribution in [1.82, 2.24) is 10.3 Å². The van der Waals surface area contributed by atoms with Gasteiger partial charge in [0.15, 0.2) is 0 Å². The van der Waals surface area contributed by atoms with Gasteiger partial charge < -0.3 is 5.32 Å². The van der Waals surface area contributed by atoms with Gasteiger partial charge in [-0.3, -0.25) is 4.98 Å². The largest absolute Gasteiger partial charge is 0.309 e. The molecule has 1 saturated carbocycles. The lowest BCUT2D eigenvalue weighted by Crippen LogP contribution is -2.39. The summed E-state index contributed by atoms with van der Waals surface area (Å²) >= 11 is 1.72. The topological polar surface area (TPSA) is 24.9 Å². The van der Waals surface area contributed by atoms with E-state index in [9.17, 15) is 0 Å². The molecule has 1 fully saturated rings. The van der Waals surface area contributed by atoms with E-state index in [0.717, 1.165) is 12.5 Å². The molecule has 0 unspecified atom stereocenters. The van der Waals surface area contributed by atoms with E-state index in [0.29, 0.717) is 6.04 Å². The first-order valence-corrected chi connectivity index (χ1v) is 6.95. The van der Waals surface area contributed by atoms with Gasteiger partial charge in [0.1, 0.15) is 0 Å². The summed E-state index contributed by atoms with van der Waals surface area (Å²) in [5.41, 5.74) is 3.38. The van der Waals surface area contributed by atoms with Crippen LogP contribution in [0.15, 0.2) is 42.0 Å². The van der Waals surface area contributed by atoms with Crippen LogP contribution in [0.1, 0.15) is 29.2 Å². The number of aromatic nitrogens is 1. The standard InChI is InChI=1S/C14H16N2S/c1-2-4-11(5-3-1)12-6-13(7-12)16-9-14-8-15-10-17-14/h1-5,8,10,12-13,16H,6-7,9H2. The van der Waals surface area contributed by atoms with Gasteiger partial charge in [0.05, 0.1) is 5.51 Å². The molecule has 0 radical (unpaired) electrons. The van der Waals surface area contributed by atoms with Crippen molar-refractivity contribution < 1.29 is 0 Å². The lowest BCUT2D eigenvalue weighted by Gasteiger charge is -2.36. The maximum atomic E-state index is 4.09. The van der Waals surface area contributed by atoms with Crippen LogP contribution < -0.4 is 5.32 Å². The molecule has 1 N–H and O–H groups in total. The van der Waals surface area contributed by atoms with E-state index >= 15 is 0 Å². The smallest absolute Gasteiger partial charge is 0.0794 e. The summed E-state index contributed by atoms with van der Waals surface area (Å²) in [6, 6.07) is 11.5. The van der Waals surface area contributed by atoms with Gasteiger partial charge in [0, 0.05) is 23.7 Å². The summed E-state index contributed by atoms with van der Waals surface area (Å²) in [6.07, 6.45) is 4.48. The second kappa shape index (κ2) is 4.98. The molecule has 0 bridgehead atoms. The molecule has 0 aliphatic heterocycles. The minimum atomic E-state index is 0.683. The Bertz CT molecular complexity index is 446. The molecule has 1 aliphatic carbocycles. The molecule has 88 valence electrons. The Morgan fingerprint density at radius 2 is 2.06 bits per heavy atom. The average Bonchev–Trinajstić information content (AvgIpc) is 2.81. The molecule has 1 heterocycles. The summed E-state index contributed by atoms with van der Waals surface area (Å²) < 4.78 is 0. The van der Waals surface area contributed by atoms with Crippen LogP contribution in [-0.2, 0) is 6.54 Å². The van der Waals surface area contributed by atoms with E-state index in [2.05, 4.69) is 40.6 Å². The van der Waals surface area contributed by atoms with Gasteiger partial charge >= 0.3 is 0 Å². The van der Waals surface area contributed by atoms with Crippen LogP contribution in [0.25, 0.3) is 0 Å². The highest BCUT2D eigenvalue weighted by atomic mass is 32.1. The van der Waals surface area contributed by atoms with Gasteiger partial charge in [-0.15, -0.1) is 11.3 Å². The fourth-order valence-electron chi connectivity index (χ4n) is 2.36. The summed E-state index contributed by atoms with van der Waals surface area (Å²) in [6.45, 7) is 0.969. The van der Waals surface area contributed by atoms with Crippen molar-refractivity contribution in [3.63, 3.8) is 0 Å². The summed E-state index contributed by atoms with van der Waals surface area (Å²) in [4.78, 5) is 5.41. The number of rotatable bonds is 4. The minimum Gasteiger partial charge on any atom is -0.309 e. The Morgan fingerprint density at radius 3 is 2.76 bits per heavy atom. The molecule has 17 heavy (non-hydrogen) atoms. The van der Waals surface area contributed by atoms with E-state index in [1.54, 1.807) is 11.3 Å². The number of hydrogen-bond donors (Lipinski definition) is 1. The molecule has 2 nitrogen and oxygen atoms in total. The molecule has 0 atom stereocenters. The van der Waals surface area contributed by atoms with Crippen molar-refractivity contribution in [2.45, 2.75) is 31.3 Å². The lowest BCUT2D eigenvalue weighted by molar-refractivity contribution is 0.290. The first kappa shape index (κ1) is 10.9. The number of hydrogen-bond acceptors (Lipinski definition) is 3. The van der Waals surface area contributed by atoms with Crippen LogP contribution >= 0.6 is 11.3 Å². The average molecular weight is 244 g/mol. The van der Waals surface area contributed by atoms with Crippen molar-refractivity contribution in [3.8, 4) is 0 Å². The van der Waals surface area contributed by atoms with E-state index in [1.165, 1.54) is 23.3 Å². The van der Waals surface area contributed by atoms with E-state index in [4.69, 9.17) is 0 Å². The second-order valence-corrected chi connectivity index (χ2v) is 5.60. The van der Waals surface area contributed by atoms with Crippen molar-refractivity contribution in [2.24, 2.45) is 0 Å². The zero-order chi connectivity index (χ0) is 11.5. The predicted octanol–water partition coefficient (Wildman–Crippen LogP) is 3.18. The van der Waals surface area contributed by atoms with Gasteiger partial charge in [0.25, 0.3) is 0 Å². The summed E-state index contributed by atoms with van der Waals surface area (Å²) in [5.74, 6) is 0.759. The number of benzene rings is 1. The molecule has 2 aromatic rings. The van der Waals surface area contributed by atoms with Crippen molar-refractivity contribution in [1.29, 1.82) is 0 Å². The summed E-state index contributed by atoms with van der Waals surface area (Å²) in [7, 11) is 0. The third-order valence-corrected chi connectivity index (χ3v) is 4.24. The number of nitrogens with one attached hydrogen (secondary N) is 1. The molecule has 3 rings (SSSR count). The van der Waals surface area contributed by atoms with Crippen LogP contribution in [0, 0.1) is 0 Å². The van der Waals surface area contributed by atoms with Crippen molar-refractivity contribution >= 4 is 11.3 Å². The van der Waals surface area contributed by atoms with Crippen LogP contribution in [0.2, 0.25) is 0 Å². The second-order valence-electron chi connectivity index (χ2n) is 4.62. The zero-order valence-corrected chi connectivity index (χ0v) is 10.5. The SMILES string of the molecule is c1ccc(C2CC(NCc3cncs3)C2)cc1. The molecule has 1 aromatic heterocycles. The lowest BCUT2D eigenvalue weighted by atomic mass is 9.76. The Labute approximate surface area is 106 Å². The van der Waals surface area contributed by atoms with Crippen molar-refractivity contribution in [3.05, 3.63) is 52.5 Å². The summed E-state index contributed by atoms with van der Waals surface area (Å²) in [5, 5.41) is 3.59. The van der Waals surface area contributed by atoms with Gasteiger partial charge in [0.2, 0.25) is 0 Å². The first-order chi connectivity index (χ1) is 8.42. The maximum absolute atomic E-state index is 4.09. The van der Waals surface area contributed by atoms with Crippen LogP contribution in [0.5, 0.6) is 0 Å². The third kappa shape index (κ3) is 2.56. The van der Waals surface area contributed by atoms with Crippen LogP contribution in [0.4, 0.5) is 0 Å². The molecular weight excluding hydrogens is 228 g/mol. The minimum absolute atomic E-state index is 0.683. The monoisotopic (exact) mass is 244 g/mol. The molecular formula is C14H16N2S. The van der Waals surface area contributed by atoms with Gasteiger partial charge in [-0.05, 0) is 24.3 Å². The highest BCUT2D eigenvalue weighted by molar-refractivity contribution is 7.09. The molecule has 0 spiro atoms. The first-order valence-electron chi connectivity index (χ1n) is 6.07. The fourth-order valence-corrected chi connectivity index (χ4v) is 2.90. The molecule has 3 heteroatoms. The van der Waals surface area contributed by atoms with Crippen molar-refractivity contribution in [2.75, 3.05) is 0 Å². The molecule has 0 saturated heterocycles. The van der Waals surface area contributed by atoms with Gasteiger partial charge in [-0.1, -0.05) is 30.3 Å². The Hall–Kier alpha value is -1.19. The quantitative estimate of drug-likeness (QED) is 0.893. The maximum Gasteiger partial charge on any atom is 0.0794 e. The van der Waals surface area contributed by atoms with Gasteiger partial charge in [-0.2, -0.15) is 0 Å². The van der Waals surface area contributed by atoms with Crippen LogP contribution in [0.3, 0.4) is 0 Å².